The van der Waals surface area contributed by atoms with E-state index in [1.165, 1.54) is 42.4 Å². The number of hydrogen-bond acceptors (Lipinski definition) is 20. The number of hydrogen-bond donors (Lipinski definition) is 8. The molecular weight excluding hydrogens is 1410 g/mol. The van der Waals surface area contributed by atoms with E-state index < -0.39 is 131 Å². The van der Waals surface area contributed by atoms with E-state index in [0.717, 1.165) is 0 Å². The SMILES string of the molecule is CCC(=O)N[C@@H](CCCCNC(=O)C(CC(CC(C)(C)C(=O)O)C(=O)N(C)C)CC(SC(CC(=O)O)C(=O)CCCC(=O)CCCOc1ccc(-c2nnc(C)nn2)cc1)C(=O)NCCCCCNC(=O)Cn1nnc2c1-c1ccccc1CN(C(=O)CCC(=O)NCC(F)(F)F)c1ccccc1-2)C(=O)O. The Morgan fingerprint density at radius 2 is 1.30 bits per heavy atom. The summed E-state index contributed by atoms with van der Waals surface area (Å²) in [6.07, 6.45) is -5.31. The third-order valence-electron chi connectivity index (χ3n) is 17.4. The molecule has 0 radical (unpaired) electrons. The number of nitrogens with one attached hydrogen (secondary N) is 5. The largest absolute Gasteiger partial charge is 0.494 e. The number of ketones is 2. The minimum Gasteiger partial charge on any atom is -0.494 e. The number of alkyl halides is 3. The summed E-state index contributed by atoms with van der Waals surface area (Å²) >= 11 is 0.714. The zero-order chi connectivity index (χ0) is 77.7. The van der Waals surface area contributed by atoms with E-state index in [1.54, 1.807) is 92.0 Å². The summed E-state index contributed by atoms with van der Waals surface area (Å²) in [5.41, 5.74) is 2.02. The van der Waals surface area contributed by atoms with E-state index in [2.05, 4.69) is 52.0 Å². The number of nitrogens with zero attached hydrogens (tertiary/aromatic N) is 9. The summed E-state index contributed by atoms with van der Waals surface area (Å²) in [6.45, 7) is 4.58. The molecule has 3 heterocycles. The van der Waals surface area contributed by atoms with Crippen LogP contribution in [0.4, 0.5) is 18.9 Å². The van der Waals surface area contributed by atoms with E-state index in [-0.39, 0.29) is 116 Å². The van der Waals surface area contributed by atoms with Gasteiger partial charge in [-0.2, -0.15) is 13.2 Å². The Hall–Kier alpha value is -10.3. The van der Waals surface area contributed by atoms with Crippen molar-refractivity contribution >= 4 is 88.3 Å². The Labute approximate surface area is 615 Å². The highest BCUT2D eigenvalue weighted by Gasteiger charge is 2.40. The van der Waals surface area contributed by atoms with Gasteiger partial charge in [0.1, 0.15) is 42.1 Å². The predicted octanol–water partition coefficient (Wildman–Crippen LogP) is 6.86. The van der Waals surface area contributed by atoms with Crippen molar-refractivity contribution in [1.29, 1.82) is 0 Å². The molecule has 5 atom stereocenters. The van der Waals surface area contributed by atoms with E-state index in [9.17, 15) is 86.0 Å². The molecule has 0 bridgehead atoms. The number of carboxylic acids is 3. The summed E-state index contributed by atoms with van der Waals surface area (Å²) in [4.78, 5) is 162. The maximum Gasteiger partial charge on any atom is 0.405 e. The van der Waals surface area contributed by atoms with Crippen LogP contribution in [0.15, 0.2) is 72.8 Å². The number of carboxylic acid groups (broad SMARTS) is 3. The lowest BCUT2D eigenvalue weighted by Crippen LogP contribution is -2.43. The molecule has 0 saturated carbocycles. The lowest BCUT2D eigenvalue weighted by atomic mass is 9.77. The third-order valence-corrected chi connectivity index (χ3v) is 18.9. The molecule has 8 N–H and O–H groups in total. The van der Waals surface area contributed by atoms with Crippen molar-refractivity contribution in [3.05, 3.63) is 84.2 Å². The highest BCUT2D eigenvalue weighted by Crippen LogP contribution is 2.42. The molecule has 3 aromatic carbocycles. The van der Waals surface area contributed by atoms with Crippen LogP contribution in [-0.4, -0.2) is 196 Å². The Kier molecular flexibility index (Phi) is 33.1. The zero-order valence-corrected chi connectivity index (χ0v) is 61.0. The van der Waals surface area contributed by atoms with Gasteiger partial charge in [0.25, 0.3) is 0 Å². The Balaban J connectivity index is 1.14. The number of para-hydroxylation sites is 1. The molecule has 1 aliphatic rings. The van der Waals surface area contributed by atoms with Gasteiger partial charge in [-0.25, -0.2) is 9.48 Å². The second-order valence-electron chi connectivity index (χ2n) is 26.6. The number of unbranched alkanes of at least 4 members (excludes halogenated alkanes) is 3. The Morgan fingerprint density at radius 1 is 0.660 bits per heavy atom. The summed E-state index contributed by atoms with van der Waals surface area (Å²) in [5.74, 6) is -10.0. The first-order valence-electron chi connectivity index (χ1n) is 35.1. The molecule has 106 heavy (non-hydrogen) atoms. The monoisotopic (exact) mass is 1500 g/mol. The van der Waals surface area contributed by atoms with Gasteiger partial charge < -0.3 is 56.4 Å². The minimum atomic E-state index is -4.63. The van der Waals surface area contributed by atoms with Crippen LogP contribution in [0.1, 0.15) is 148 Å². The number of thioether (sulfide) groups is 1. The fraction of sp³-hybridized carbons (Fsp3) is 0.528. The number of carbonyl (C=O) groups excluding carboxylic acids is 9. The number of ether oxygens (including phenoxy) is 1. The maximum atomic E-state index is 14.7. The van der Waals surface area contributed by atoms with Crippen LogP contribution < -0.4 is 36.2 Å². The Bertz CT molecular complexity index is 3880. The number of aromatic nitrogens is 7. The van der Waals surface area contributed by atoms with Gasteiger partial charge in [0.15, 0.2) is 5.82 Å². The molecule has 6 rings (SSSR count). The van der Waals surface area contributed by atoms with E-state index in [0.29, 0.717) is 94.2 Å². The number of carbonyl (C=O) groups is 12. The number of rotatable bonds is 45. The first-order valence-corrected chi connectivity index (χ1v) is 36.0. The number of Topliss-reactive ketones (excluding diaryl/α,β-unsaturated/α-hetero) is 2. The molecule has 0 aliphatic carbocycles. The molecule has 34 heteroatoms. The summed E-state index contributed by atoms with van der Waals surface area (Å²) in [5, 5.41) is 64.9. The molecule has 7 amide bonds. The number of aliphatic carboxylic acids is 3. The molecule has 4 unspecified atom stereocenters. The summed E-state index contributed by atoms with van der Waals surface area (Å²) in [6, 6.07) is 19.5. The lowest BCUT2D eigenvalue weighted by molar-refractivity contribution is -0.149. The van der Waals surface area contributed by atoms with Crippen molar-refractivity contribution in [3.8, 4) is 39.7 Å². The quantitative estimate of drug-likeness (QED) is 0.0185. The van der Waals surface area contributed by atoms with E-state index in [4.69, 9.17) is 4.74 Å². The van der Waals surface area contributed by atoms with Crippen molar-refractivity contribution in [1.82, 2.24) is 66.9 Å². The second-order valence-corrected chi connectivity index (χ2v) is 28.0. The molecule has 1 aliphatic heterocycles. The number of halogens is 3. The van der Waals surface area contributed by atoms with E-state index >= 15 is 0 Å². The van der Waals surface area contributed by atoms with Crippen LogP contribution in [0.5, 0.6) is 5.75 Å². The Morgan fingerprint density at radius 3 is 1.95 bits per heavy atom. The van der Waals surface area contributed by atoms with Gasteiger partial charge in [0, 0.05) is 101 Å². The van der Waals surface area contributed by atoms with Crippen molar-refractivity contribution < 1.29 is 90.8 Å². The van der Waals surface area contributed by atoms with Crippen molar-refractivity contribution in [3.63, 3.8) is 0 Å². The third kappa shape index (κ3) is 27.3. The molecular formula is C72H93F3N14O16S. The first kappa shape index (κ1) is 84.7. The smallest absolute Gasteiger partial charge is 0.405 e. The molecule has 0 saturated heterocycles. The number of anilines is 1. The van der Waals surface area contributed by atoms with Crippen molar-refractivity contribution in [2.24, 2.45) is 17.3 Å². The highest BCUT2D eigenvalue weighted by atomic mass is 32.2. The molecule has 0 fully saturated rings. The summed E-state index contributed by atoms with van der Waals surface area (Å²) in [7, 11) is 2.92. The van der Waals surface area contributed by atoms with Gasteiger partial charge in [-0.15, -0.1) is 37.3 Å². The van der Waals surface area contributed by atoms with Crippen LogP contribution in [0.25, 0.3) is 33.9 Å². The van der Waals surface area contributed by atoms with Crippen molar-refractivity contribution in [2.45, 2.75) is 179 Å². The van der Waals surface area contributed by atoms with Gasteiger partial charge in [0.2, 0.25) is 47.2 Å². The average molecular weight is 1500 g/mol. The fourth-order valence-electron chi connectivity index (χ4n) is 11.7. The minimum absolute atomic E-state index is 0.0126. The van der Waals surface area contributed by atoms with Crippen molar-refractivity contribution in [2.75, 3.05) is 51.8 Å². The average Bonchev–Trinajstić information content (AvgIpc) is 1.51. The van der Waals surface area contributed by atoms with Gasteiger partial charge in [-0.05, 0) is 127 Å². The number of aryl methyl sites for hydroxylation is 1. The van der Waals surface area contributed by atoms with Gasteiger partial charge in [-0.3, -0.25) is 52.7 Å². The van der Waals surface area contributed by atoms with Gasteiger partial charge in [0.05, 0.1) is 46.9 Å². The van der Waals surface area contributed by atoms with Crippen LogP contribution in [0.2, 0.25) is 0 Å². The normalized spacial score (nSPS) is 13.3. The fourth-order valence-corrected chi connectivity index (χ4v) is 13.2. The van der Waals surface area contributed by atoms with Crippen LogP contribution in [0, 0.1) is 24.2 Å². The molecule has 5 aromatic rings. The first-order chi connectivity index (χ1) is 50.3. The number of amides is 7. The highest BCUT2D eigenvalue weighted by molar-refractivity contribution is 8.01. The molecule has 30 nitrogen and oxygen atoms in total. The molecule has 2 aromatic heterocycles. The molecule has 574 valence electrons. The van der Waals surface area contributed by atoms with Crippen LogP contribution in [0.3, 0.4) is 0 Å². The lowest BCUT2D eigenvalue weighted by Gasteiger charge is -2.31. The van der Waals surface area contributed by atoms with Crippen LogP contribution >= 0.6 is 11.8 Å². The second kappa shape index (κ2) is 41.4. The summed E-state index contributed by atoms with van der Waals surface area (Å²) < 4.78 is 45.6. The van der Waals surface area contributed by atoms with E-state index in [1.807, 2.05) is 0 Å². The maximum absolute atomic E-state index is 14.7. The zero-order valence-electron chi connectivity index (χ0n) is 60.2. The standard InChI is InChI=1S/C72H93F3N14O16S/c1-7-58(92)80-53(69(101)102)24-13-16-35-77-66(98)47(37-48(68(100)87(5)6)40-71(3,4)70(103)104)38-57(106-56(39-62(96)97)55(91)26-17-20-49(90)21-18-36-105-50-29-27-45(28-30-50)65-84-81-44(2)82-85-65)67(99)78-34-15-8-14-33-76-60(94)42-89-64-51-22-10-9-19-46(51)41-88(54-25-12-11-23-52(54)63(64)83-86-89)61(95)32-31-59(93)79-43-72(73,74)75/h9-12,19,22-23,25,27-30,47-48,53,56-57H,7-8,13-18,20-21,24,26,31-43H2,1-6H3,(H,76,94)(H,77,98)(H,78,99)(H,79,93)(H,80,92)(H,96,97)(H,101,102)(H,103,104)/t47?,48?,53-,56?,57?/m0/s1. The number of fused-ring (bicyclic) bond motifs is 5. The van der Waals surface area contributed by atoms with Gasteiger partial charge >= 0.3 is 24.1 Å². The topological polar surface area (TPSA) is 424 Å². The predicted molar refractivity (Wildman–Crippen MR) is 382 cm³/mol. The van der Waals surface area contributed by atoms with Gasteiger partial charge in [-0.1, -0.05) is 54.6 Å². The molecule has 0 spiro atoms. The van der Waals surface area contributed by atoms with Crippen LogP contribution in [-0.2, 0) is 70.6 Å². The number of benzene rings is 3.